The molecule has 0 heterocycles. The first-order valence-corrected chi connectivity index (χ1v) is 11.0. The number of hydrogen-bond donors (Lipinski definition) is 0. The molecule has 2 saturated carbocycles. The van der Waals surface area contributed by atoms with E-state index in [1.165, 1.54) is 64.2 Å². The second kappa shape index (κ2) is 11.9. The summed E-state index contributed by atoms with van der Waals surface area (Å²) < 4.78 is 29.0. The summed E-state index contributed by atoms with van der Waals surface area (Å²) >= 11 is 0. The third-order valence-corrected chi connectivity index (χ3v) is 6.73. The van der Waals surface area contributed by atoms with Crippen molar-refractivity contribution in [3.8, 4) is 0 Å². The molecule has 0 saturated heterocycles. The van der Waals surface area contributed by atoms with Gasteiger partial charge in [-0.15, -0.1) is 0 Å². The number of carbonyl (C=O) groups is 1. The number of halogens is 2. The van der Waals surface area contributed by atoms with Crippen molar-refractivity contribution in [1.82, 2.24) is 0 Å². The summed E-state index contributed by atoms with van der Waals surface area (Å²) in [6, 6.07) is 0. The maximum atomic E-state index is 12.2. The Morgan fingerprint density at radius 1 is 0.885 bits per heavy atom. The molecular formula is C22H38F2O2. The first kappa shape index (κ1) is 21.6. The van der Waals surface area contributed by atoms with E-state index in [1.54, 1.807) is 0 Å². The predicted molar refractivity (Wildman–Crippen MR) is 101 cm³/mol. The average Bonchev–Trinajstić information content (AvgIpc) is 2.66. The van der Waals surface area contributed by atoms with Crippen LogP contribution in [0.5, 0.6) is 0 Å². The Morgan fingerprint density at radius 2 is 1.46 bits per heavy atom. The fraction of sp³-hybridized carbons (Fsp3) is 0.955. The number of unbranched alkanes of at least 4 members (excludes halogenated alkanes) is 4. The molecule has 2 aliphatic rings. The smallest absolute Gasteiger partial charge is 0.309 e. The Morgan fingerprint density at radius 3 is 2.04 bits per heavy atom. The van der Waals surface area contributed by atoms with E-state index in [4.69, 9.17) is 4.74 Å². The number of hydrogen-bond acceptors (Lipinski definition) is 2. The molecule has 0 aromatic carbocycles. The molecule has 2 aliphatic carbocycles. The van der Waals surface area contributed by atoms with Gasteiger partial charge >= 0.3 is 5.97 Å². The molecule has 2 fully saturated rings. The Kier molecular flexibility index (Phi) is 9.92. The van der Waals surface area contributed by atoms with Gasteiger partial charge in [-0.3, -0.25) is 4.79 Å². The highest BCUT2D eigenvalue weighted by molar-refractivity contribution is 5.72. The summed E-state index contributed by atoms with van der Waals surface area (Å²) in [6.07, 6.45) is 15.0. The Hall–Kier alpha value is -0.670. The first-order valence-electron chi connectivity index (χ1n) is 11.0. The SMILES string of the molecule is CCCCCCCC1CCC(C2CCC(C(=O)OCC(F)F)CC2)CC1. The van der Waals surface area contributed by atoms with Gasteiger partial charge in [0.15, 0.2) is 6.61 Å². The van der Waals surface area contributed by atoms with Crippen molar-refractivity contribution in [3.63, 3.8) is 0 Å². The van der Waals surface area contributed by atoms with Crippen LogP contribution in [0.2, 0.25) is 0 Å². The van der Waals surface area contributed by atoms with Gasteiger partial charge in [0.2, 0.25) is 0 Å². The minimum atomic E-state index is -2.56. The second-order valence-electron chi connectivity index (χ2n) is 8.62. The van der Waals surface area contributed by atoms with Crippen molar-refractivity contribution < 1.29 is 18.3 Å². The van der Waals surface area contributed by atoms with E-state index in [0.29, 0.717) is 0 Å². The highest BCUT2D eigenvalue weighted by Crippen LogP contribution is 2.42. The molecule has 0 aromatic heterocycles. The van der Waals surface area contributed by atoms with E-state index in [9.17, 15) is 13.6 Å². The molecule has 0 atom stereocenters. The first-order chi connectivity index (χ1) is 12.6. The van der Waals surface area contributed by atoms with Crippen LogP contribution in [-0.2, 0) is 9.53 Å². The molecule has 2 nitrogen and oxygen atoms in total. The van der Waals surface area contributed by atoms with Crippen LogP contribution in [0.25, 0.3) is 0 Å². The van der Waals surface area contributed by atoms with Gasteiger partial charge in [0.05, 0.1) is 5.92 Å². The van der Waals surface area contributed by atoms with Gasteiger partial charge in [-0.25, -0.2) is 8.78 Å². The fourth-order valence-corrected chi connectivity index (χ4v) is 5.07. The summed E-state index contributed by atoms with van der Waals surface area (Å²) in [4.78, 5) is 11.8. The Labute approximate surface area is 158 Å². The zero-order valence-corrected chi connectivity index (χ0v) is 16.6. The lowest BCUT2D eigenvalue weighted by Gasteiger charge is -2.37. The fourth-order valence-electron chi connectivity index (χ4n) is 5.07. The summed E-state index contributed by atoms with van der Waals surface area (Å²) in [5.41, 5.74) is 0. The minimum absolute atomic E-state index is 0.149. The van der Waals surface area contributed by atoms with Crippen LogP contribution in [0.15, 0.2) is 0 Å². The van der Waals surface area contributed by atoms with Gasteiger partial charge in [0, 0.05) is 0 Å². The summed E-state index contributed by atoms with van der Waals surface area (Å²) in [7, 11) is 0. The van der Waals surface area contributed by atoms with E-state index in [1.807, 2.05) is 0 Å². The molecule has 0 unspecified atom stereocenters. The molecule has 4 heteroatoms. The topological polar surface area (TPSA) is 26.3 Å². The van der Waals surface area contributed by atoms with Crippen molar-refractivity contribution >= 4 is 5.97 Å². The van der Waals surface area contributed by atoms with Crippen LogP contribution < -0.4 is 0 Å². The largest absolute Gasteiger partial charge is 0.459 e. The Balaban J connectivity index is 1.58. The van der Waals surface area contributed by atoms with Crippen molar-refractivity contribution in [2.24, 2.45) is 23.7 Å². The lowest BCUT2D eigenvalue weighted by Crippen LogP contribution is -2.29. The van der Waals surface area contributed by atoms with Crippen LogP contribution in [0, 0.1) is 23.7 Å². The van der Waals surface area contributed by atoms with E-state index in [2.05, 4.69) is 6.92 Å². The number of esters is 1. The molecule has 0 radical (unpaired) electrons. The molecule has 2 rings (SSSR count). The van der Waals surface area contributed by atoms with Gasteiger partial charge in [-0.1, -0.05) is 58.3 Å². The monoisotopic (exact) mass is 372 g/mol. The average molecular weight is 373 g/mol. The van der Waals surface area contributed by atoms with E-state index < -0.39 is 19.0 Å². The molecule has 0 bridgehead atoms. The lowest BCUT2D eigenvalue weighted by atomic mass is 9.68. The number of carbonyl (C=O) groups excluding carboxylic acids is 1. The quantitative estimate of drug-likeness (QED) is 0.312. The van der Waals surface area contributed by atoms with Crippen molar-refractivity contribution in [3.05, 3.63) is 0 Å². The van der Waals surface area contributed by atoms with Gasteiger partial charge in [0.1, 0.15) is 0 Å². The molecular weight excluding hydrogens is 334 g/mol. The molecule has 0 amide bonds. The Bertz CT molecular complexity index is 384. The molecule has 152 valence electrons. The molecule has 0 aromatic rings. The standard InChI is InChI=1S/C22H38F2O2/c1-2-3-4-5-6-7-17-8-10-18(11-9-17)19-12-14-20(15-13-19)22(25)26-16-21(23)24/h17-21H,2-16H2,1H3. The van der Waals surface area contributed by atoms with Crippen molar-refractivity contribution in [1.29, 1.82) is 0 Å². The maximum Gasteiger partial charge on any atom is 0.309 e. The van der Waals surface area contributed by atoms with Gasteiger partial charge in [-0.2, -0.15) is 0 Å². The zero-order chi connectivity index (χ0) is 18.8. The van der Waals surface area contributed by atoms with Crippen molar-refractivity contribution in [2.45, 2.75) is 103 Å². The van der Waals surface area contributed by atoms with E-state index in [-0.39, 0.29) is 5.92 Å². The summed E-state index contributed by atoms with van der Waals surface area (Å²) in [5, 5.41) is 0. The van der Waals surface area contributed by atoms with E-state index >= 15 is 0 Å². The van der Waals surface area contributed by atoms with Crippen LogP contribution in [0.1, 0.15) is 96.8 Å². The normalized spacial score (nSPS) is 29.7. The van der Waals surface area contributed by atoms with Gasteiger partial charge in [0.25, 0.3) is 6.43 Å². The van der Waals surface area contributed by atoms with Gasteiger partial charge in [-0.05, 0) is 56.3 Å². The highest BCUT2D eigenvalue weighted by Gasteiger charge is 2.33. The second-order valence-corrected chi connectivity index (χ2v) is 8.62. The zero-order valence-electron chi connectivity index (χ0n) is 16.6. The van der Waals surface area contributed by atoms with Gasteiger partial charge < -0.3 is 4.74 Å². The van der Waals surface area contributed by atoms with Crippen LogP contribution >= 0.6 is 0 Å². The maximum absolute atomic E-state index is 12.2. The predicted octanol–water partition coefficient (Wildman–Crippen LogP) is 6.77. The number of ether oxygens (including phenoxy) is 1. The van der Waals surface area contributed by atoms with Crippen LogP contribution in [-0.4, -0.2) is 19.0 Å². The molecule has 26 heavy (non-hydrogen) atoms. The van der Waals surface area contributed by atoms with Crippen LogP contribution in [0.4, 0.5) is 8.78 Å². The number of rotatable bonds is 10. The highest BCUT2D eigenvalue weighted by atomic mass is 19.3. The van der Waals surface area contributed by atoms with E-state index in [0.717, 1.165) is 43.4 Å². The molecule has 0 N–H and O–H groups in total. The summed E-state index contributed by atoms with van der Waals surface area (Å²) in [5.74, 6) is 1.94. The number of alkyl halides is 2. The van der Waals surface area contributed by atoms with Crippen LogP contribution in [0.3, 0.4) is 0 Å². The third kappa shape index (κ3) is 7.52. The van der Waals surface area contributed by atoms with Crippen molar-refractivity contribution in [2.75, 3.05) is 6.61 Å². The molecule has 0 aliphatic heterocycles. The lowest BCUT2D eigenvalue weighted by molar-refractivity contribution is -0.154. The molecule has 0 spiro atoms. The minimum Gasteiger partial charge on any atom is -0.459 e. The summed E-state index contributed by atoms with van der Waals surface area (Å²) in [6.45, 7) is 1.52. The third-order valence-electron chi connectivity index (χ3n) is 6.73.